The summed E-state index contributed by atoms with van der Waals surface area (Å²) in [5, 5.41) is 2.07. The predicted octanol–water partition coefficient (Wildman–Crippen LogP) is 2.79. The van der Waals surface area contributed by atoms with Crippen molar-refractivity contribution in [1.29, 1.82) is 0 Å². The van der Waals surface area contributed by atoms with Crippen molar-refractivity contribution in [3.05, 3.63) is 21.9 Å². The molecule has 0 aliphatic carbocycles. The van der Waals surface area contributed by atoms with Gasteiger partial charge in [0.25, 0.3) is 0 Å². The lowest BCUT2D eigenvalue weighted by Gasteiger charge is -1.91. The first-order valence-electron chi connectivity index (χ1n) is 2.77. The Balaban J connectivity index is 3.08. The van der Waals surface area contributed by atoms with Crippen molar-refractivity contribution in [3.8, 4) is 0 Å². The Hall–Kier alpha value is -0.210. The normalized spacial score (nSPS) is 9.56. The second kappa shape index (κ2) is 2.58. The summed E-state index contributed by atoms with van der Waals surface area (Å²) >= 11 is 6.73. The molecule has 1 heterocycles. The maximum absolute atomic E-state index is 5.01. The lowest BCUT2D eigenvalue weighted by Crippen LogP contribution is -1.85. The molecule has 2 heteroatoms. The molecule has 0 aliphatic rings. The first kappa shape index (κ1) is 6.90. The molecular formula is C7H8S2. The van der Waals surface area contributed by atoms with Gasteiger partial charge in [0.2, 0.25) is 0 Å². The highest BCUT2D eigenvalue weighted by molar-refractivity contribution is 7.81. The zero-order valence-corrected chi connectivity index (χ0v) is 7.10. The van der Waals surface area contributed by atoms with Crippen LogP contribution in [0.15, 0.2) is 11.4 Å². The van der Waals surface area contributed by atoms with E-state index in [1.54, 1.807) is 11.3 Å². The Labute approximate surface area is 64.5 Å². The number of thiocarbonyl (C=S) groups is 1. The van der Waals surface area contributed by atoms with Gasteiger partial charge in [0, 0.05) is 9.74 Å². The zero-order valence-electron chi connectivity index (χ0n) is 5.47. The maximum atomic E-state index is 5.01. The van der Waals surface area contributed by atoms with E-state index < -0.39 is 0 Å². The highest BCUT2D eigenvalue weighted by Crippen LogP contribution is 2.15. The molecule has 0 amide bonds. The fourth-order valence-electron chi connectivity index (χ4n) is 0.733. The van der Waals surface area contributed by atoms with Gasteiger partial charge in [0.1, 0.15) is 0 Å². The van der Waals surface area contributed by atoms with E-state index in [0.717, 1.165) is 4.86 Å². The van der Waals surface area contributed by atoms with Gasteiger partial charge < -0.3 is 0 Å². The van der Waals surface area contributed by atoms with Crippen LogP contribution in [0.3, 0.4) is 0 Å². The molecule has 0 fully saturated rings. The van der Waals surface area contributed by atoms with E-state index in [-0.39, 0.29) is 0 Å². The van der Waals surface area contributed by atoms with Crippen molar-refractivity contribution in [1.82, 2.24) is 0 Å². The van der Waals surface area contributed by atoms with E-state index in [1.165, 1.54) is 10.4 Å². The van der Waals surface area contributed by atoms with E-state index in [0.29, 0.717) is 0 Å². The lowest BCUT2D eigenvalue weighted by molar-refractivity contribution is 1.53. The van der Waals surface area contributed by atoms with Gasteiger partial charge in [-0.15, -0.1) is 11.3 Å². The summed E-state index contributed by atoms with van der Waals surface area (Å²) in [6.45, 7) is 4.05. The van der Waals surface area contributed by atoms with Crippen LogP contribution in [-0.4, -0.2) is 4.86 Å². The molecule has 0 nitrogen and oxygen atoms in total. The van der Waals surface area contributed by atoms with Crippen molar-refractivity contribution in [2.45, 2.75) is 13.8 Å². The SMILES string of the molecule is CC(=S)c1sccc1C. The zero-order chi connectivity index (χ0) is 6.85. The van der Waals surface area contributed by atoms with Gasteiger partial charge >= 0.3 is 0 Å². The van der Waals surface area contributed by atoms with Crippen LogP contribution in [0, 0.1) is 6.92 Å². The van der Waals surface area contributed by atoms with Crippen LogP contribution in [-0.2, 0) is 0 Å². The Kier molecular flexibility index (Phi) is 1.98. The second-order valence-corrected chi connectivity index (χ2v) is 3.52. The van der Waals surface area contributed by atoms with Gasteiger partial charge in [-0.3, -0.25) is 0 Å². The molecule has 0 aliphatic heterocycles. The van der Waals surface area contributed by atoms with Gasteiger partial charge in [0.15, 0.2) is 0 Å². The number of thiophene rings is 1. The van der Waals surface area contributed by atoms with Crippen molar-refractivity contribution in [3.63, 3.8) is 0 Å². The summed E-state index contributed by atoms with van der Waals surface area (Å²) in [6, 6.07) is 2.09. The van der Waals surface area contributed by atoms with Gasteiger partial charge in [-0.25, -0.2) is 0 Å². The molecule has 0 spiro atoms. The average molecular weight is 156 g/mol. The molecule has 0 unspecified atom stereocenters. The Bertz CT molecular complexity index is 223. The standard InChI is InChI=1S/C7H8S2/c1-5-3-4-9-7(5)6(2)8/h3-4H,1-2H3. The Morgan fingerprint density at radius 3 is 2.56 bits per heavy atom. The highest BCUT2D eigenvalue weighted by atomic mass is 32.1. The molecule has 0 N–H and O–H groups in total. The molecule has 9 heavy (non-hydrogen) atoms. The van der Waals surface area contributed by atoms with Crippen LogP contribution in [0.2, 0.25) is 0 Å². The topological polar surface area (TPSA) is 0 Å². The number of aryl methyl sites for hydroxylation is 1. The van der Waals surface area contributed by atoms with Crippen LogP contribution in [0.4, 0.5) is 0 Å². The molecule has 1 rings (SSSR count). The van der Waals surface area contributed by atoms with Crippen molar-refractivity contribution in [2.75, 3.05) is 0 Å². The van der Waals surface area contributed by atoms with Crippen molar-refractivity contribution in [2.24, 2.45) is 0 Å². The third kappa shape index (κ3) is 1.37. The van der Waals surface area contributed by atoms with Crippen molar-refractivity contribution >= 4 is 28.4 Å². The Morgan fingerprint density at radius 2 is 2.33 bits per heavy atom. The third-order valence-corrected chi connectivity index (χ3v) is 2.65. The smallest absolute Gasteiger partial charge is 0.0436 e. The summed E-state index contributed by atoms with van der Waals surface area (Å²) in [4.78, 5) is 2.26. The molecular weight excluding hydrogens is 148 g/mol. The Morgan fingerprint density at radius 1 is 1.67 bits per heavy atom. The minimum atomic E-state index is 1.00. The summed E-state index contributed by atoms with van der Waals surface area (Å²) < 4.78 is 0. The monoisotopic (exact) mass is 156 g/mol. The third-order valence-electron chi connectivity index (χ3n) is 1.18. The fourth-order valence-corrected chi connectivity index (χ4v) is 1.87. The molecule has 1 aromatic rings. The fraction of sp³-hybridized carbons (Fsp3) is 0.286. The van der Waals surface area contributed by atoms with Gasteiger partial charge in [0.05, 0.1) is 0 Å². The highest BCUT2D eigenvalue weighted by Gasteiger charge is 1.98. The molecule has 1 aromatic heterocycles. The van der Waals surface area contributed by atoms with Gasteiger partial charge in [-0.05, 0) is 30.9 Å². The summed E-state index contributed by atoms with van der Waals surface area (Å²) in [6.07, 6.45) is 0. The van der Waals surface area contributed by atoms with E-state index in [2.05, 4.69) is 18.4 Å². The molecule has 0 radical (unpaired) electrons. The van der Waals surface area contributed by atoms with Crippen LogP contribution in [0.1, 0.15) is 17.4 Å². The van der Waals surface area contributed by atoms with Crippen molar-refractivity contribution < 1.29 is 0 Å². The van der Waals surface area contributed by atoms with E-state index in [1.807, 2.05) is 6.92 Å². The number of hydrogen-bond donors (Lipinski definition) is 0. The van der Waals surface area contributed by atoms with Gasteiger partial charge in [-0.1, -0.05) is 12.2 Å². The van der Waals surface area contributed by atoms with Crippen LogP contribution in [0.25, 0.3) is 0 Å². The van der Waals surface area contributed by atoms with Crippen LogP contribution in [0.5, 0.6) is 0 Å². The van der Waals surface area contributed by atoms with Crippen LogP contribution < -0.4 is 0 Å². The number of hydrogen-bond acceptors (Lipinski definition) is 2. The molecule has 0 aromatic carbocycles. The second-order valence-electron chi connectivity index (χ2n) is 1.99. The summed E-state index contributed by atoms with van der Waals surface area (Å²) in [7, 11) is 0. The van der Waals surface area contributed by atoms with E-state index in [9.17, 15) is 0 Å². The summed E-state index contributed by atoms with van der Waals surface area (Å²) in [5.41, 5.74) is 1.30. The molecule has 0 saturated heterocycles. The molecule has 0 saturated carbocycles. The van der Waals surface area contributed by atoms with E-state index in [4.69, 9.17) is 12.2 Å². The summed E-state index contributed by atoms with van der Waals surface area (Å²) in [5.74, 6) is 0. The van der Waals surface area contributed by atoms with Crippen LogP contribution >= 0.6 is 23.6 Å². The molecule has 0 bridgehead atoms. The average Bonchev–Trinajstić information content (AvgIpc) is 2.13. The minimum Gasteiger partial charge on any atom is -0.143 e. The first-order valence-corrected chi connectivity index (χ1v) is 4.05. The largest absolute Gasteiger partial charge is 0.143 e. The van der Waals surface area contributed by atoms with Gasteiger partial charge in [-0.2, -0.15) is 0 Å². The maximum Gasteiger partial charge on any atom is 0.0436 e. The number of rotatable bonds is 1. The minimum absolute atomic E-state index is 1.00. The lowest BCUT2D eigenvalue weighted by atomic mass is 10.2. The van der Waals surface area contributed by atoms with E-state index >= 15 is 0 Å². The predicted molar refractivity (Wildman–Crippen MR) is 46.4 cm³/mol. The molecule has 48 valence electrons. The first-order chi connectivity index (χ1) is 4.22. The quantitative estimate of drug-likeness (QED) is 0.445. The molecule has 0 atom stereocenters.